The molecule has 0 spiro atoms. The van der Waals surface area contributed by atoms with E-state index in [0.29, 0.717) is 12.2 Å². The zero-order valence-electron chi connectivity index (χ0n) is 14.1. The van der Waals surface area contributed by atoms with Crippen molar-refractivity contribution in [1.82, 2.24) is 5.32 Å². The van der Waals surface area contributed by atoms with E-state index in [1.807, 2.05) is 38.1 Å². The number of rotatable bonds is 6. The Morgan fingerprint density at radius 1 is 1.08 bits per heavy atom. The molecule has 0 unspecified atom stereocenters. The molecule has 5 nitrogen and oxygen atoms in total. The number of hydrogen-bond acceptors (Lipinski definition) is 4. The lowest BCUT2D eigenvalue weighted by Gasteiger charge is -2.19. The summed E-state index contributed by atoms with van der Waals surface area (Å²) in [4.78, 5) is 12.2. The predicted molar refractivity (Wildman–Crippen MR) is 92.3 cm³/mol. The van der Waals surface area contributed by atoms with Crippen molar-refractivity contribution in [3.63, 3.8) is 0 Å². The Hall–Kier alpha value is -2.69. The maximum Gasteiger partial charge on any atom is 0.260 e. The molecule has 1 amide bonds. The maximum atomic E-state index is 12.2. The van der Waals surface area contributed by atoms with Gasteiger partial charge in [-0.2, -0.15) is 0 Å². The van der Waals surface area contributed by atoms with Gasteiger partial charge in [-0.25, -0.2) is 0 Å². The molecule has 0 aromatic heterocycles. The van der Waals surface area contributed by atoms with E-state index in [0.717, 1.165) is 11.1 Å². The van der Waals surface area contributed by atoms with Crippen LogP contribution in [0.25, 0.3) is 0 Å². The standard InChI is InChI=1S/C19H23NO4/c1-12-4-7-16(8-5-12)24-14(3)19(23)20-13(2)10-15-6-9-17(21)18(22)11-15/h4-9,11,13-14,21-22H,10H2,1-3H3,(H,20,23)/t13-,14-/m1/s1. The van der Waals surface area contributed by atoms with Crippen LogP contribution >= 0.6 is 0 Å². The molecule has 3 N–H and O–H groups in total. The minimum Gasteiger partial charge on any atom is -0.504 e. The fourth-order valence-electron chi connectivity index (χ4n) is 2.34. The van der Waals surface area contributed by atoms with E-state index >= 15 is 0 Å². The molecule has 2 aromatic carbocycles. The molecule has 0 radical (unpaired) electrons. The summed E-state index contributed by atoms with van der Waals surface area (Å²) in [6.07, 6.45) is -0.0695. The Bertz CT molecular complexity index is 697. The first-order valence-corrected chi connectivity index (χ1v) is 7.89. The Balaban J connectivity index is 1.87. The van der Waals surface area contributed by atoms with Crippen LogP contribution in [0, 0.1) is 6.92 Å². The van der Waals surface area contributed by atoms with Crippen molar-refractivity contribution in [2.45, 2.75) is 39.3 Å². The zero-order chi connectivity index (χ0) is 17.7. The van der Waals surface area contributed by atoms with Crippen LogP contribution < -0.4 is 10.1 Å². The lowest BCUT2D eigenvalue weighted by Crippen LogP contribution is -2.42. The summed E-state index contributed by atoms with van der Waals surface area (Å²) in [6.45, 7) is 5.57. The summed E-state index contributed by atoms with van der Waals surface area (Å²) < 4.78 is 5.63. The minimum atomic E-state index is -0.608. The molecule has 24 heavy (non-hydrogen) atoms. The molecule has 2 aromatic rings. The number of phenolic OH excluding ortho intramolecular Hbond substituents is 2. The first-order valence-electron chi connectivity index (χ1n) is 7.89. The van der Waals surface area contributed by atoms with E-state index in [4.69, 9.17) is 4.74 Å². The number of benzene rings is 2. The molecule has 2 atom stereocenters. The summed E-state index contributed by atoms with van der Waals surface area (Å²) in [5, 5.41) is 21.7. The van der Waals surface area contributed by atoms with Gasteiger partial charge in [0.05, 0.1) is 0 Å². The second-order valence-corrected chi connectivity index (χ2v) is 6.01. The fourth-order valence-corrected chi connectivity index (χ4v) is 2.34. The van der Waals surface area contributed by atoms with Crippen molar-refractivity contribution in [3.8, 4) is 17.2 Å². The molecule has 0 bridgehead atoms. The Labute approximate surface area is 141 Å². The molecule has 0 aliphatic rings. The molecule has 128 valence electrons. The Morgan fingerprint density at radius 3 is 2.38 bits per heavy atom. The molecule has 0 saturated heterocycles. The van der Waals surface area contributed by atoms with Gasteiger partial charge in [-0.3, -0.25) is 4.79 Å². The quantitative estimate of drug-likeness (QED) is 0.712. The van der Waals surface area contributed by atoms with Crippen LogP contribution in [0.1, 0.15) is 25.0 Å². The van der Waals surface area contributed by atoms with Crippen LogP contribution in [0.3, 0.4) is 0 Å². The van der Waals surface area contributed by atoms with Crippen LogP contribution in [0.15, 0.2) is 42.5 Å². The average molecular weight is 329 g/mol. The van der Waals surface area contributed by atoms with E-state index in [9.17, 15) is 15.0 Å². The summed E-state index contributed by atoms with van der Waals surface area (Å²) >= 11 is 0. The SMILES string of the molecule is Cc1ccc(O[C@H](C)C(=O)N[C@H](C)Cc2ccc(O)c(O)c2)cc1. The summed E-state index contributed by atoms with van der Waals surface area (Å²) in [6, 6.07) is 12.0. The molecule has 2 rings (SSSR count). The van der Waals surface area contributed by atoms with Crippen molar-refractivity contribution < 1.29 is 19.7 Å². The van der Waals surface area contributed by atoms with Gasteiger partial charge < -0.3 is 20.3 Å². The fraction of sp³-hybridized carbons (Fsp3) is 0.316. The van der Waals surface area contributed by atoms with Gasteiger partial charge in [-0.05, 0) is 57.0 Å². The van der Waals surface area contributed by atoms with Gasteiger partial charge in [0.25, 0.3) is 5.91 Å². The largest absolute Gasteiger partial charge is 0.504 e. The minimum absolute atomic E-state index is 0.134. The van der Waals surface area contributed by atoms with Gasteiger partial charge in [-0.1, -0.05) is 23.8 Å². The van der Waals surface area contributed by atoms with E-state index < -0.39 is 6.10 Å². The number of carbonyl (C=O) groups is 1. The van der Waals surface area contributed by atoms with Gasteiger partial charge in [0, 0.05) is 6.04 Å². The molecule has 0 saturated carbocycles. The van der Waals surface area contributed by atoms with Crippen molar-refractivity contribution in [3.05, 3.63) is 53.6 Å². The first kappa shape index (κ1) is 17.7. The summed E-state index contributed by atoms with van der Waals surface area (Å²) in [5.41, 5.74) is 1.95. The topological polar surface area (TPSA) is 78.8 Å². The highest BCUT2D eigenvalue weighted by molar-refractivity contribution is 5.81. The molecule has 5 heteroatoms. The highest BCUT2D eigenvalue weighted by Gasteiger charge is 2.17. The normalized spacial score (nSPS) is 13.1. The third-order valence-electron chi connectivity index (χ3n) is 3.67. The number of ether oxygens (including phenoxy) is 1. The van der Waals surface area contributed by atoms with Gasteiger partial charge in [-0.15, -0.1) is 0 Å². The monoisotopic (exact) mass is 329 g/mol. The molecular formula is C19H23NO4. The van der Waals surface area contributed by atoms with Gasteiger partial charge in [0.2, 0.25) is 0 Å². The zero-order valence-corrected chi connectivity index (χ0v) is 14.1. The van der Waals surface area contributed by atoms with E-state index in [-0.39, 0.29) is 23.4 Å². The molecular weight excluding hydrogens is 306 g/mol. The van der Waals surface area contributed by atoms with Gasteiger partial charge in [0.1, 0.15) is 5.75 Å². The maximum absolute atomic E-state index is 12.2. The third-order valence-corrected chi connectivity index (χ3v) is 3.67. The summed E-state index contributed by atoms with van der Waals surface area (Å²) in [5.74, 6) is 0.128. The van der Waals surface area contributed by atoms with Crippen LogP contribution in [0.4, 0.5) is 0 Å². The molecule has 0 fully saturated rings. The van der Waals surface area contributed by atoms with Crippen LogP contribution in [-0.2, 0) is 11.2 Å². The average Bonchev–Trinajstić information content (AvgIpc) is 2.53. The number of carbonyl (C=O) groups excluding carboxylic acids is 1. The Morgan fingerprint density at radius 2 is 1.75 bits per heavy atom. The summed E-state index contributed by atoms with van der Waals surface area (Å²) in [7, 11) is 0. The number of nitrogens with one attached hydrogen (secondary N) is 1. The van der Waals surface area contributed by atoms with Gasteiger partial charge >= 0.3 is 0 Å². The molecule has 0 aliphatic carbocycles. The van der Waals surface area contributed by atoms with Crippen molar-refractivity contribution in [2.75, 3.05) is 0 Å². The van der Waals surface area contributed by atoms with Crippen molar-refractivity contribution in [1.29, 1.82) is 0 Å². The van der Waals surface area contributed by atoms with Crippen LogP contribution in [0.5, 0.6) is 17.2 Å². The number of aryl methyl sites for hydroxylation is 1. The number of aromatic hydroxyl groups is 2. The lowest BCUT2D eigenvalue weighted by atomic mass is 10.1. The van der Waals surface area contributed by atoms with Crippen LogP contribution in [-0.4, -0.2) is 28.3 Å². The first-order chi connectivity index (χ1) is 11.3. The number of phenols is 2. The highest BCUT2D eigenvalue weighted by atomic mass is 16.5. The van der Waals surface area contributed by atoms with Crippen LogP contribution in [0.2, 0.25) is 0 Å². The van der Waals surface area contributed by atoms with E-state index in [1.165, 1.54) is 12.1 Å². The van der Waals surface area contributed by atoms with Crippen molar-refractivity contribution >= 4 is 5.91 Å². The van der Waals surface area contributed by atoms with Gasteiger partial charge in [0.15, 0.2) is 17.6 Å². The smallest absolute Gasteiger partial charge is 0.260 e. The highest BCUT2D eigenvalue weighted by Crippen LogP contribution is 2.25. The van der Waals surface area contributed by atoms with E-state index in [1.54, 1.807) is 13.0 Å². The Kier molecular flexibility index (Phi) is 5.68. The number of hydrogen-bond donors (Lipinski definition) is 3. The second-order valence-electron chi connectivity index (χ2n) is 6.01. The predicted octanol–water partition coefficient (Wildman–Crippen LogP) is 2.92. The van der Waals surface area contributed by atoms with E-state index in [2.05, 4.69) is 5.32 Å². The second kappa shape index (κ2) is 7.73. The van der Waals surface area contributed by atoms with Crippen molar-refractivity contribution in [2.24, 2.45) is 0 Å². The molecule has 0 heterocycles. The third kappa shape index (κ3) is 4.91. The number of amides is 1. The molecule has 0 aliphatic heterocycles. The lowest BCUT2D eigenvalue weighted by molar-refractivity contribution is -0.127.